The van der Waals surface area contributed by atoms with Gasteiger partial charge in [0.1, 0.15) is 5.56 Å². The zero-order chi connectivity index (χ0) is 14.4. The molecule has 6 heteroatoms. The van der Waals surface area contributed by atoms with Gasteiger partial charge in [-0.15, -0.1) is 0 Å². The summed E-state index contributed by atoms with van der Waals surface area (Å²) >= 11 is 5.90. The average Bonchev–Trinajstić information content (AvgIpc) is 2.83. The Labute approximate surface area is 120 Å². The Bertz CT molecular complexity index is 606. The van der Waals surface area contributed by atoms with Crippen molar-refractivity contribution in [1.29, 1.82) is 0 Å². The maximum atomic E-state index is 12.3. The van der Waals surface area contributed by atoms with Crippen molar-refractivity contribution in [3.8, 4) is 0 Å². The zero-order valence-electron chi connectivity index (χ0n) is 10.5. The van der Waals surface area contributed by atoms with Gasteiger partial charge in [0.05, 0.1) is 10.7 Å². The van der Waals surface area contributed by atoms with Crippen LogP contribution in [-0.4, -0.2) is 22.9 Å². The number of anilines is 1. The molecule has 0 radical (unpaired) electrons. The van der Waals surface area contributed by atoms with E-state index in [0.29, 0.717) is 19.3 Å². The van der Waals surface area contributed by atoms with E-state index in [2.05, 4.69) is 0 Å². The van der Waals surface area contributed by atoms with Crippen molar-refractivity contribution in [3.63, 3.8) is 0 Å². The number of halogens is 1. The number of nitrogens with zero attached hydrogens (tertiary/aromatic N) is 1. The second kappa shape index (κ2) is 4.59. The van der Waals surface area contributed by atoms with E-state index in [9.17, 15) is 19.5 Å². The monoisotopic (exact) mass is 293 g/mol. The molecule has 2 bridgehead atoms. The first kappa shape index (κ1) is 13.1. The number of carbonyl (C=O) groups excluding carboxylic acids is 2. The van der Waals surface area contributed by atoms with Gasteiger partial charge in [0, 0.05) is 11.8 Å². The summed E-state index contributed by atoms with van der Waals surface area (Å²) in [5, 5.41) is 9.29. The van der Waals surface area contributed by atoms with Gasteiger partial charge >= 0.3 is 5.97 Å². The lowest BCUT2D eigenvalue weighted by molar-refractivity contribution is -0.132. The number of carboxylic acid groups (broad SMARTS) is 1. The molecule has 1 aromatic carbocycles. The summed E-state index contributed by atoms with van der Waals surface area (Å²) in [4.78, 5) is 37.1. The van der Waals surface area contributed by atoms with Crippen LogP contribution in [0.15, 0.2) is 18.2 Å². The molecule has 2 amide bonds. The third-order valence-electron chi connectivity index (χ3n) is 4.02. The molecule has 5 nitrogen and oxygen atoms in total. The predicted octanol–water partition coefficient (Wildman–Crippen LogP) is 2.33. The molecular weight excluding hydrogens is 282 g/mol. The molecule has 104 valence electrons. The standard InChI is InChI=1S/C14H12ClNO4/c15-9-2-1-3-10(11(9)14(19)20)16-12(17)7-4-5-8(6-7)13(16)18/h1-3,7-8H,4-6H2,(H,19,20). The maximum absolute atomic E-state index is 12.3. The first-order valence-corrected chi connectivity index (χ1v) is 6.78. The van der Waals surface area contributed by atoms with Crippen molar-refractivity contribution < 1.29 is 19.5 Å². The van der Waals surface area contributed by atoms with Crippen LogP contribution in [0.5, 0.6) is 0 Å². The summed E-state index contributed by atoms with van der Waals surface area (Å²) < 4.78 is 0. The van der Waals surface area contributed by atoms with Crippen LogP contribution in [-0.2, 0) is 9.59 Å². The largest absolute Gasteiger partial charge is 0.478 e. The van der Waals surface area contributed by atoms with Gasteiger partial charge in [0.2, 0.25) is 11.8 Å². The van der Waals surface area contributed by atoms with E-state index < -0.39 is 5.97 Å². The minimum absolute atomic E-state index is 0.0218. The summed E-state index contributed by atoms with van der Waals surface area (Å²) in [6.07, 6.45) is 1.96. The second-order valence-electron chi connectivity index (χ2n) is 5.16. The number of fused-ring (bicyclic) bond motifs is 2. The van der Waals surface area contributed by atoms with E-state index in [-0.39, 0.29) is 39.9 Å². The van der Waals surface area contributed by atoms with Crippen molar-refractivity contribution >= 4 is 35.1 Å². The van der Waals surface area contributed by atoms with E-state index in [1.807, 2.05) is 0 Å². The lowest BCUT2D eigenvalue weighted by atomic mass is 9.95. The smallest absolute Gasteiger partial charge is 0.339 e. The van der Waals surface area contributed by atoms with Crippen LogP contribution in [0.2, 0.25) is 5.02 Å². The fourth-order valence-electron chi connectivity index (χ4n) is 3.05. The van der Waals surface area contributed by atoms with Gasteiger partial charge in [-0.25, -0.2) is 9.69 Å². The molecule has 3 rings (SSSR count). The van der Waals surface area contributed by atoms with Crippen LogP contribution in [0, 0.1) is 11.8 Å². The Kier molecular flexibility index (Phi) is 3.01. The number of hydrogen-bond donors (Lipinski definition) is 1. The fraction of sp³-hybridized carbons (Fsp3) is 0.357. The number of amides is 2. The molecule has 0 aromatic heterocycles. The molecule has 0 spiro atoms. The van der Waals surface area contributed by atoms with Crippen LogP contribution in [0.3, 0.4) is 0 Å². The summed E-state index contributed by atoms with van der Waals surface area (Å²) in [6.45, 7) is 0. The second-order valence-corrected chi connectivity index (χ2v) is 5.57. The van der Waals surface area contributed by atoms with Crippen LogP contribution in [0.25, 0.3) is 0 Å². The Hall–Kier alpha value is -1.88. The number of carbonyl (C=O) groups is 3. The quantitative estimate of drug-likeness (QED) is 0.849. The molecular formula is C14H12ClNO4. The molecule has 2 unspecified atom stereocenters. The molecule has 1 saturated carbocycles. The molecule has 2 aliphatic rings. The molecule has 20 heavy (non-hydrogen) atoms. The van der Waals surface area contributed by atoms with Gasteiger partial charge in [0.25, 0.3) is 0 Å². The fourth-order valence-corrected chi connectivity index (χ4v) is 3.30. The van der Waals surface area contributed by atoms with E-state index in [1.165, 1.54) is 12.1 Å². The van der Waals surface area contributed by atoms with E-state index in [0.717, 1.165) is 4.90 Å². The molecule has 1 aliphatic heterocycles. The molecule has 1 aliphatic carbocycles. The maximum Gasteiger partial charge on any atom is 0.339 e. The Balaban J connectivity index is 2.13. The van der Waals surface area contributed by atoms with Gasteiger partial charge in [0.15, 0.2) is 0 Å². The number of hydrogen-bond acceptors (Lipinski definition) is 3. The number of carboxylic acids is 1. The minimum atomic E-state index is -1.25. The summed E-state index contributed by atoms with van der Waals surface area (Å²) in [5.74, 6) is -2.23. The summed E-state index contributed by atoms with van der Waals surface area (Å²) in [6, 6.07) is 4.43. The molecule has 1 heterocycles. The number of imide groups is 1. The SMILES string of the molecule is O=C(O)c1c(Cl)cccc1N1C(=O)C2CCC(C2)C1=O. The number of rotatable bonds is 2. The highest BCUT2D eigenvalue weighted by Crippen LogP contribution is 2.41. The van der Waals surface area contributed by atoms with Gasteiger partial charge in [-0.3, -0.25) is 9.59 Å². The lowest BCUT2D eigenvalue weighted by Gasteiger charge is -2.30. The average molecular weight is 294 g/mol. The van der Waals surface area contributed by atoms with Crippen LogP contribution >= 0.6 is 11.6 Å². The van der Waals surface area contributed by atoms with Gasteiger partial charge in [-0.1, -0.05) is 17.7 Å². The number of benzene rings is 1. The van der Waals surface area contributed by atoms with Crippen molar-refractivity contribution in [1.82, 2.24) is 0 Å². The predicted molar refractivity (Wildman–Crippen MR) is 71.7 cm³/mol. The number of aromatic carboxylic acids is 1. The molecule has 1 N–H and O–H groups in total. The first-order chi connectivity index (χ1) is 9.50. The lowest BCUT2D eigenvalue weighted by Crippen LogP contribution is -2.47. The summed E-state index contributed by atoms with van der Waals surface area (Å²) in [5.41, 5.74) is -0.117. The molecule has 1 aromatic rings. The van der Waals surface area contributed by atoms with Crippen molar-refractivity contribution in [3.05, 3.63) is 28.8 Å². The van der Waals surface area contributed by atoms with Gasteiger partial charge < -0.3 is 5.11 Å². The third-order valence-corrected chi connectivity index (χ3v) is 4.33. The molecule has 2 fully saturated rings. The van der Waals surface area contributed by atoms with Gasteiger partial charge in [-0.05, 0) is 31.4 Å². The molecule has 2 atom stereocenters. The van der Waals surface area contributed by atoms with E-state index in [1.54, 1.807) is 6.07 Å². The summed E-state index contributed by atoms with van der Waals surface area (Å²) in [7, 11) is 0. The van der Waals surface area contributed by atoms with E-state index >= 15 is 0 Å². The Morgan fingerprint density at radius 2 is 1.80 bits per heavy atom. The van der Waals surface area contributed by atoms with Crippen molar-refractivity contribution in [2.45, 2.75) is 19.3 Å². The highest BCUT2D eigenvalue weighted by Gasteiger charge is 2.46. The van der Waals surface area contributed by atoms with Crippen LogP contribution in [0.4, 0.5) is 5.69 Å². The highest BCUT2D eigenvalue weighted by molar-refractivity contribution is 6.35. The van der Waals surface area contributed by atoms with Gasteiger partial charge in [-0.2, -0.15) is 0 Å². The van der Waals surface area contributed by atoms with Crippen molar-refractivity contribution in [2.75, 3.05) is 4.90 Å². The first-order valence-electron chi connectivity index (χ1n) is 6.40. The van der Waals surface area contributed by atoms with Crippen molar-refractivity contribution in [2.24, 2.45) is 11.8 Å². The van der Waals surface area contributed by atoms with Crippen LogP contribution < -0.4 is 4.90 Å². The third kappa shape index (κ3) is 1.81. The Morgan fingerprint density at radius 1 is 1.20 bits per heavy atom. The van der Waals surface area contributed by atoms with Crippen LogP contribution in [0.1, 0.15) is 29.6 Å². The molecule has 1 saturated heterocycles. The highest BCUT2D eigenvalue weighted by atomic mass is 35.5. The minimum Gasteiger partial charge on any atom is -0.478 e. The zero-order valence-corrected chi connectivity index (χ0v) is 11.3. The number of piperidine rings is 1. The normalized spacial score (nSPS) is 25.1. The Morgan fingerprint density at radius 3 is 2.35 bits per heavy atom. The topological polar surface area (TPSA) is 74.7 Å². The van der Waals surface area contributed by atoms with E-state index in [4.69, 9.17) is 11.6 Å².